The second-order valence-electron chi connectivity index (χ2n) is 14.6. The van der Waals surface area contributed by atoms with Crippen LogP contribution in [0.4, 0.5) is 32.8 Å². The van der Waals surface area contributed by atoms with Crippen LogP contribution in [0, 0.1) is 34.9 Å². The number of phenolic OH excluding ortho intramolecular Hbond substituents is 1. The number of nitrogens with zero attached hydrogens (tertiary/aromatic N) is 5. The summed E-state index contributed by atoms with van der Waals surface area (Å²) >= 11 is 12.9. The predicted molar refractivity (Wildman–Crippen MR) is 203 cm³/mol. The minimum Gasteiger partial charge on any atom is -0.508 e. The largest absolute Gasteiger partial charge is 0.508 e. The Labute approximate surface area is 320 Å². The van der Waals surface area contributed by atoms with E-state index in [-0.39, 0.29) is 40.2 Å². The molecular formula is C41H34Cl2FN5O5. The topological polar surface area (TPSA) is 123 Å². The van der Waals surface area contributed by atoms with E-state index in [1.165, 1.54) is 29.2 Å². The summed E-state index contributed by atoms with van der Waals surface area (Å²) in [6, 6.07) is 22.4. The van der Waals surface area contributed by atoms with Crippen LogP contribution in [0.5, 0.6) is 5.75 Å². The number of allylic oxidation sites excluding steroid dienone is 2. The first-order valence-electron chi connectivity index (χ1n) is 17.5. The smallest absolute Gasteiger partial charge is 0.241 e. The molecule has 2 aliphatic carbocycles. The Kier molecular flexibility index (Phi) is 8.69. The van der Waals surface area contributed by atoms with Crippen molar-refractivity contribution in [1.82, 2.24) is 0 Å². The molecule has 1 N–H and O–H groups in total. The zero-order valence-corrected chi connectivity index (χ0v) is 30.9. The number of anilines is 3. The van der Waals surface area contributed by atoms with Crippen LogP contribution < -0.4 is 14.7 Å². The normalized spacial score (nSPS) is 26.3. The van der Waals surface area contributed by atoms with E-state index < -0.39 is 58.5 Å². The average molecular weight is 767 g/mol. The van der Waals surface area contributed by atoms with Crippen molar-refractivity contribution in [2.75, 3.05) is 28.8 Å². The Balaban J connectivity index is 1.13. The van der Waals surface area contributed by atoms with Crippen LogP contribution in [-0.2, 0) is 19.2 Å². The number of carbonyl (C=O) groups excluding carboxylic acids is 4. The highest BCUT2D eigenvalue weighted by molar-refractivity contribution is 6.32. The lowest BCUT2D eigenvalue weighted by atomic mass is 9.51. The minimum atomic E-state index is -1.38. The molecule has 2 heterocycles. The quantitative estimate of drug-likeness (QED) is 0.119. The maximum Gasteiger partial charge on any atom is 0.241 e. The fourth-order valence-electron chi connectivity index (χ4n) is 8.84. The van der Waals surface area contributed by atoms with Gasteiger partial charge in [0.05, 0.1) is 50.9 Å². The highest BCUT2D eigenvalue weighted by atomic mass is 35.5. The molecule has 3 fully saturated rings. The monoisotopic (exact) mass is 765 g/mol. The summed E-state index contributed by atoms with van der Waals surface area (Å²) in [5, 5.41) is 18.8. The molecular weight excluding hydrogens is 732 g/mol. The zero-order chi connectivity index (χ0) is 38.2. The third kappa shape index (κ3) is 5.51. The molecule has 6 unspecified atom stereocenters. The van der Waals surface area contributed by atoms with Gasteiger partial charge >= 0.3 is 0 Å². The van der Waals surface area contributed by atoms with Crippen LogP contribution >= 0.6 is 23.2 Å². The van der Waals surface area contributed by atoms with Crippen molar-refractivity contribution in [3.63, 3.8) is 0 Å². The standard InChI is InChI=1S/C41H34Cl2FN5O5/c1-41-31(38(52)49(40(41)54)25-12-17-34(44)33(43)18-25)20-30-27(36(41)28-14-13-26(50)19-32(28)42)15-16-29-35(30)39(53)48(37(29)51)24-10-6-22(7-11-24)46-45-21-4-8-23(9-5-21)47(2)3/h4-15,17-19,29-31,35-36,50H,16,20H2,1-3H3. The van der Waals surface area contributed by atoms with Gasteiger partial charge in [0.1, 0.15) is 11.6 Å². The van der Waals surface area contributed by atoms with Crippen LogP contribution in [0.25, 0.3) is 0 Å². The number of phenols is 1. The molecule has 54 heavy (non-hydrogen) atoms. The molecule has 0 radical (unpaired) electrons. The fourth-order valence-corrected chi connectivity index (χ4v) is 9.29. The average Bonchev–Trinajstić information content (AvgIpc) is 3.52. The zero-order valence-electron chi connectivity index (χ0n) is 29.4. The van der Waals surface area contributed by atoms with Gasteiger partial charge < -0.3 is 10.0 Å². The second-order valence-corrected chi connectivity index (χ2v) is 15.4. The Bertz CT molecular complexity index is 2310. The van der Waals surface area contributed by atoms with E-state index in [0.29, 0.717) is 22.6 Å². The molecule has 4 aromatic carbocycles. The third-order valence-electron chi connectivity index (χ3n) is 11.5. The van der Waals surface area contributed by atoms with E-state index in [1.807, 2.05) is 49.3 Å². The van der Waals surface area contributed by atoms with Crippen LogP contribution in [-0.4, -0.2) is 42.8 Å². The van der Waals surface area contributed by atoms with E-state index >= 15 is 0 Å². The number of rotatable bonds is 6. The van der Waals surface area contributed by atoms with Gasteiger partial charge in [-0.3, -0.25) is 24.1 Å². The lowest BCUT2D eigenvalue weighted by molar-refractivity contribution is -0.131. The number of imide groups is 2. The number of amides is 4. The number of hydrogen-bond acceptors (Lipinski definition) is 8. The van der Waals surface area contributed by atoms with Crippen molar-refractivity contribution in [3.8, 4) is 5.75 Å². The molecule has 2 saturated heterocycles. The number of benzene rings is 4. The summed E-state index contributed by atoms with van der Waals surface area (Å²) in [5.74, 6) is -6.33. The molecule has 6 atom stereocenters. The molecule has 0 aromatic heterocycles. The van der Waals surface area contributed by atoms with E-state index in [9.17, 15) is 28.7 Å². The van der Waals surface area contributed by atoms with E-state index in [1.54, 1.807) is 37.3 Å². The second kappa shape index (κ2) is 13.2. The van der Waals surface area contributed by atoms with Crippen LogP contribution in [0.15, 0.2) is 107 Å². The molecule has 2 aliphatic heterocycles. The van der Waals surface area contributed by atoms with Gasteiger partial charge in [0.25, 0.3) is 0 Å². The van der Waals surface area contributed by atoms with Crippen molar-refractivity contribution >= 4 is 75.3 Å². The fraction of sp³-hybridized carbons (Fsp3) is 0.268. The van der Waals surface area contributed by atoms with Gasteiger partial charge in [-0.05, 0) is 110 Å². The maximum atomic E-state index is 14.6. The Hall–Kier alpha value is -5.39. The molecule has 13 heteroatoms. The molecule has 0 bridgehead atoms. The number of azo groups is 1. The van der Waals surface area contributed by atoms with Crippen molar-refractivity contribution in [2.45, 2.75) is 25.7 Å². The number of hydrogen-bond donors (Lipinski definition) is 1. The Morgan fingerprint density at radius 2 is 1.43 bits per heavy atom. The molecule has 4 aromatic rings. The third-order valence-corrected chi connectivity index (χ3v) is 12.1. The first-order chi connectivity index (χ1) is 25.8. The van der Waals surface area contributed by atoms with Gasteiger partial charge in [0.15, 0.2) is 0 Å². The first-order valence-corrected chi connectivity index (χ1v) is 18.2. The number of aromatic hydroxyl groups is 1. The van der Waals surface area contributed by atoms with E-state index in [0.717, 1.165) is 22.2 Å². The van der Waals surface area contributed by atoms with Crippen LogP contribution in [0.3, 0.4) is 0 Å². The van der Waals surface area contributed by atoms with Gasteiger partial charge in [-0.1, -0.05) is 40.9 Å². The predicted octanol–water partition coefficient (Wildman–Crippen LogP) is 8.75. The van der Waals surface area contributed by atoms with E-state index in [4.69, 9.17) is 23.2 Å². The summed E-state index contributed by atoms with van der Waals surface area (Å²) in [6.45, 7) is 1.71. The molecule has 1 saturated carbocycles. The first kappa shape index (κ1) is 35.6. The molecule has 274 valence electrons. The molecule has 4 amide bonds. The Morgan fingerprint density at radius 3 is 2.06 bits per heavy atom. The van der Waals surface area contributed by atoms with Gasteiger partial charge in [-0.15, -0.1) is 0 Å². The number of carbonyl (C=O) groups is 4. The molecule has 10 nitrogen and oxygen atoms in total. The van der Waals surface area contributed by atoms with Gasteiger partial charge in [-0.25, -0.2) is 9.29 Å². The van der Waals surface area contributed by atoms with Crippen LogP contribution in [0.2, 0.25) is 10.0 Å². The molecule has 4 aliphatic rings. The van der Waals surface area contributed by atoms with Crippen molar-refractivity contribution in [2.24, 2.45) is 39.3 Å². The van der Waals surface area contributed by atoms with Gasteiger partial charge in [0.2, 0.25) is 23.6 Å². The molecule has 0 spiro atoms. The summed E-state index contributed by atoms with van der Waals surface area (Å²) < 4.78 is 14.2. The number of fused-ring (bicyclic) bond motifs is 4. The maximum absolute atomic E-state index is 14.6. The van der Waals surface area contributed by atoms with Gasteiger partial charge in [-0.2, -0.15) is 10.2 Å². The highest BCUT2D eigenvalue weighted by Crippen LogP contribution is 2.64. The van der Waals surface area contributed by atoms with Crippen molar-refractivity contribution < 1.29 is 28.7 Å². The number of halogens is 3. The summed E-state index contributed by atoms with van der Waals surface area (Å²) in [4.78, 5) is 61.7. The molecule has 8 rings (SSSR count). The Morgan fingerprint density at radius 1 is 0.778 bits per heavy atom. The summed E-state index contributed by atoms with van der Waals surface area (Å²) in [5.41, 5.74) is 2.61. The van der Waals surface area contributed by atoms with Gasteiger partial charge in [0, 0.05) is 30.7 Å². The lowest BCUT2D eigenvalue weighted by Crippen LogP contribution is -2.49. The van der Waals surface area contributed by atoms with Crippen molar-refractivity contribution in [3.05, 3.63) is 118 Å². The highest BCUT2D eigenvalue weighted by Gasteiger charge is 2.68. The summed E-state index contributed by atoms with van der Waals surface area (Å²) in [6.07, 6.45) is 2.27. The summed E-state index contributed by atoms with van der Waals surface area (Å²) in [7, 11) is 3.90. The lowest BCUT2D eigenvalue weighted by Gasteiger charge is -2.49. The van der Waals surface area contributed by atoms with Crippen molar-refractivity contribution in [1.29, 1.82) is 0 Å². The SMILES string of the molecule is CN(C)c1ccc(N=Nc2ccc(N3C(=O)C4CC=C5C(CC6C(=O)N(c7ccc(F)c(Cl)c7)C(=O)C6(C)C5c5ccc(O)cc5Cl)C4C3=O)cc2)cc1. The minimum absolute atomic E-state index is 0.0785. The van der Waals surface area contributed by atoms with Crippen LogP contribution in [0.1, 0.15) is 31.2 Å². The van der Waals surface area contributed by atoms with E-state index in [2.05, 4.69) is 10.2 Å².